The minimum atomic E-state index is 0.185. The third kappa shape index (κ3) is 3.67. The van der Waals surface area contributed by atoms with Gasteiger partial charge in [-0.25, -0.2) is 0 Å². The maximum absolute atomic E-state index is 8.90. The van der Waals surface area contributed by atoms with E-state index in [0.717, 1.165) is 27.3 Å². The summed E-state index contributed by atoms with van der Waals surface area (Å²) in [5, 5.41) is 12.9. The van der Waals surface area contributed by atoms with E-state index >= 15 is 0 Å². The Labute approximate surface area is 104 Å². The number of aliphatic hydroxyl groups is 1. The topological polar surface area (TPSA) is 32.3 Å². The quantitative estimate of drug-likeness (QED) is 0.891. The van der Waals surface area contributed by atoms with Gasteiger partial charge in [0.2, 0.25) is 0 Å². The van der Waals surface area contributed by atoms with Gasteiger partial charge in [0.25, 0.3) is 0 Å². The van der Waals surface area contributed by atoms with Crippen molar-refractivity contribution < 1.29 is 5.11 Å². The molecule has 0 aliphatic heterocycles. The summed E-state index contributed by atoms with van der Waals surface area (Å²) in [7, 11) is 0. The molecule has 0 aromatic heterocycles. The van der Waals surface area contributed by atoms with Gasteiger partial charge in [0.15, 0.2) is 0 Å². The fraction of sp³-hybridized carbons (Fsp3) is 0.455. The molecular formula is C11H15BrClNO. The van der Waals surface area contributed by atoms with Crippen LogP contribution in [0.15, 0.2) is 16.6 Å². The predicted molar refractivity (Wildman–Crippen MR) is 68.6 cm³/mol. The number of nitrogens with one attached hydrogen (secondary N) is 1. The van der Waals surface area contributed by atoms with Crippen LogP contribution in [-0.4, -0.2) is 18.3 Å². The first kappa shape index (κ1) is 12.8. The van der Waals surface area contributed by atoms with Crippen LogP contribution in [0, 0.1) is 12.8 Å². The Morgan fingerprint density at radius 2 is 2.20 bits per heavy atom. The highest BCUT2D eigenvalue weighted by Crippen LogP contribution is 2.29. The van der Waals surface area contributed by atoms with Gasteiger partial charge in [-0.05, 0) is 46.5 Å². The third-order valence-electron chi connectivity index (χ3n) is 2.20. The molecule has 0 aliphatic rings. The van der Waals surface area contributed by atoms with E-state index in [-0.39, 0.29) is 12.5 Å². The molecule has 2 nitrogen and oxygen atoms in total. The molecule has 0 aliphatic carbocycles. The lowest BCUT2D eigenvalue weighted by molar-refractivity contribution is 0.244. The van der Waals surface area contributed by atoms with E-state index in [2.05, 4.69) is 21.2 Å². The second-order valence-electron chi connectivity index (χ2n) is 3.75. The highest BCUT2D eigenvalue weighted by molar-refractivity contribution is 9.10. The molecule has 0 amide bonds. The van der Waals surface area contributed by atoms with Crippen LogP contribution < -0.4 is 5.32 Å². The second-order valence-corrected chi connectivity index (χ2v) is 5.01. The number of benzene rings is 1. The number of aryl methyl sites for hydroxylation is 1. The maximum Gasteiger partial charge on any atom is 0.0499 e. The van der Waals surface area contributed by atoms with Crippen molar-refractivity contribution in [1.29, 1.82) is 0 Å². The summed E-state index contributed by atoms with van der Waals surface area (Å²) in [6, 6.07) is 3.87. The van der Waals surface area contributed by atoms with E-state index in [1.807, 2.05) is 26.0 Å². The Morgan fingerprint density at radius 1 is 1.53 bits per heavy atom. The van der Waals surface area contributed by atoms with Gasteiger partial charge in [-0.2, -0.15) is 0 Å². The highest BCUT2D eigenvalue weighted by Gasteiger charge is 2.05. The highest BCUT2D eigenvalue weighted by atomic mass is 79.9. The van der Waals surface area contributed by atoms with Crippen molar-refractivity contribution in [3.63, 3.8) is 0 Å². The van der Waals surface area contributed by atoms with Gasteiger partial charge in [-0.3, -0.25) is 0 Å². The van der Waals surface area contributed by atoms with Crippen LogP contribution in [0.5, 0.6) is 0 Å². The molecule has 84 valence electrons. The molecule has 1 unspecified atom stereocenters. The van der Waals surface area contributed by atoms with Gasteiger partial charge in [0.05, 0.1) is 0 Å². The fourth-order valence-electron chi connectivity index (χ4n) is 1.13. The molecule has 0 heterocycles. The Kier molecular flexibility index (Phi) is 4.90. The lowest BCUT2D eigenvalue weighted by atomic mass is 10.2. The number of aliphatic hydroxyl groups excluding tert-OH is 1. The predicted octanol–water partition coefficient (Wildman–Crippen LogP) is 3.45. The van der Waals surface area contributed by atoms with E-state index in [4.69, 9.17) is 16.7 Å². The number of hydrogen-bond acceptors (Lipinski definition) is 2. The van der Waals surface area contributed by atoms with Crippen molar-refractivity contribution in [2.75, 3.05) is 18.5 Å². The van der Waals surface area contributed by atoms with Gasteiger partial charge < -0.3 is 10.4 Å². The van der Waals surface area contributed by atoms with Crippen molar-refractivity contribution in [2.24, 2.45) is 5.92 Å². The smallest absolute Gasteiger partial charge is 0.0499 e. The van der Waals surface area contributed by atoms with Crippen molar-refractivity contribution in [2.45, 2.75) is 13.8 Å². The monoisotopic (exact) mass is 291 g/mol. The molecule has 0 saturated carbocycles. The molecule has 1 atom stereocenters. The summed E-state index contributed by atoms with van der Waals surface area (Å²) in [5.41, 5.74) is 2.01. The standard InChI is InChI=1S/C11H15BrClNO/c1-7(6-15)5-14-11-4-10(13)8(2)3-9(11)12/h3-4,7,14-15H,5-6H2,1-2H3. The Morgan fingerprint density at radius 3 is 2.80 bits per heavy atom. The van der Waals surface area contributed by atoms with Crippen molar-refractivity contribution in [3.05, 3.63) is 27.2 Å². The normalized spacial score (nSPS) is 12.6. The van der Waals surface area contributed by atoms with Gasteiger partial charge in [0, 0.05) is 28.3 Å². The molecule has 0 spiro atoms. The molecule has 15 heavy (non-hydrogen) atoms. The molecule has 0 bridgehead atoms. The van der Waals surface area contributed by atoms with Crippen molar-refractivity contribution >= 4 is 33.2 Å². The van der Waals surface area contributed by atoms with Crippen LogP contribution in [0.3, 0.4) is 0 Å². The van der Waals surface area contributed by atoms with Gasteiger partial charge in [-0.1, -0.05) is 18.5 Å². The summed E-state index contributed by atoms with van der Waals surface area (Å²) >= 11 is 9.49. The SMILES string of the molecule is Cc1cc(Br)c(NCC(C)CO)cc1Cl. The summed E-state index contributed by atoms with van der Waals surface area (Å²) in [6.07, 6.45) is 0. The summed E-state index contributed by atoms with van der Waals surface area (Å²) in [4.78, 5) is 0. The lowest BCUT2D eigenvalue weighted by Gasteiger charge is -2.13. The van der Waals surface area contributed by atoms with Gasteiger partial charge >= 0.3 is 0 Å². The molecule has 4 heteroatoms. The molecular weight excluding hydrogens is 277 g/mol. The maximum atomic E-state index is 8.90. The molecule has 0 fully saturated rings. The zero-order valence-electron chi connectivity index (χ0n) is 8.85. The Hall–Kier alpha value is -0.250. The molecule has 0 radical (unpaired) electrons. The summed E-state index contributed by atoms with van der Waals surface area (Å²) in [5.74, 6) is 0.233. The zero-order chi connectivity index (χ0) is 11.4. The molecule has 1 aromatic rings. The zero-order valence-corrected chi connectivity index (χ0v) is 11.2. The third-order valence-corrected chi connectivity index (χ3v) is 3.26. The van der Waals surface area contributed by atoms with E-state index in [1.54, 1.807) is 0 Å². The average molecular weight is 293 g/mol. The van der Waals surface area contributed by atoms with Crippen LogP contribution in [0.25, 0.3) is 0 Å². The van der Waals surface area contributed by atoms with Crippen LogP contribution in [0.2, 0.25) is 5.02 Å². The van der Waals surface area contributed by atoms with E-state index in [9.17, 15) is 0 Å². The lowest BCUT2D eigenvalue weighted by Crippen LogP contribution is -2.14. The Balaban J connectivity index is 2.73. The minimum absolute atomic E-state index is 0.185. The fourth-order valence-corrected chi connectivity index (χ4v) is 1.89. The number of anilines is 1. The van der Waals surface area contributed by atoms with Crippen molar-refractivity contribution in [3.8, 4) is 0 Å². The van der Waals surface area contributed by atoms with E-state index in [1.165, 1.54) is 0 Å². The first-order valence-corrected chi connectivity index (χ1v) is 6.02. The van der Waals surface area contributed by atoms with Gasteiger partial charge in [0.1, 0.15) is 0 Å². The van der Waals surface area contributed by atoms with Crippen LogP contribution in [-0.2, 0) is 0 Å². The number of halogens is 2. The average Bonchev–Trinajstić information content (AvgIpc) is 2.21. The number of hydrogen-bond donors (Lipinski definition) is 2. The molecule has 1 aromatic carbocycles. The summed E-state index contributed by atoms with van der Waals surface area (Å²) < 4.78 is 0.995. The van der Waals surface area contributed by atoms with Gasteiger partial charge in [-0.15, -0.1) is 0 Å². The second kappa shape index (κ2) is 5.73. The van der Waals surface area contributed by atoms with E-state index in [0.29, 0.717) is 0 Å². The molecule has 2 N–H and O–H groups in total. The van der Waals surface area contributed by atoms with Crippen LogP contribution >= 0.6 is 27.5 Å². The molecule has 0 saturated heterocycles. The van der Waals surface area contributed by atoms with E-state index < -0.39 is 0 Å². The summed E-state index contributed by atoms with van der Waals surface area (Å²) in [6.45, 7) is 4.86. The Bertz CT molecular complexity index is 344. The largest absolute Gasteiger partial charge is 0.396 e. The minimum Gasteiger partial charge on any atom is -0.396 e. The first-order valence-electron chi connectivity index (χ1n) is 4.85. The van der Waals surface area contributed by atoms with Crippen LogP contribution in [0.4, 0.5) is 5.69 Å². The first-order chi connectivity index (χ1) is 7.04. The van der Waals surface area contributed by atoms with Crippen LogP contribution in [0.1, 0.15) is 12.5 Å². The number of rotatable bonds is 4. The molecule has 1 rings (SSSR count). The van der Waals surface area contributed by atoms with Crippen molar-refractivity contribution in [1.82, 2.24) is 0 Å².